The number of nitrogens with one attached hydrogen (secondary N) is 1. The van der Waals surface area contributed by atoms with Crippen molar-refractivity contribution in [3.05, 3.63) is 29.8 Å². The molecular weight excluding hydrogens is 380 g/mol. The summed E-state index contributed by atoms with van der Waals surface area (Å²) in [6, 6.07) is 8.24. The number of carbonyl (C=O) groups excluding carboxylic acids is 1. The first-order chi connectivity index (χ1) is 14.6. The van der Waals surface area contributed by atoms with E-state index in [1.807, 2.05) is 0 Å². The quantitative estimate of drug-likeness (QED) is 0.592. The van der Waals surface area contributed by atoms with Crippen LogP contribution in [0.5, 0.6) is 0 Å². The van der Waals surface area contributed by atoms with Crippen molar-refractivity contribution in [3.8, 4) is 0 Å². The Kier molecular flexibility index (Phi) is 8.37. The molecule has 1 heterocycles. The molecule has 1 saturated heterocycles. The number of nitrogens with zero attached hydrogens (tertiary/aromatic N) is 2. The Balaban J connectivity index is 1.43. The molecule has 3 amide bonds. The number of hydrogen-bond donors (Lipinski definition) is 3. The molecule has 0 spiro atoms. The van der Waals surface area contributed by atoms with Gasteiger partial charge in [0, 0.05) is 31.4 Å². The van der Waals surface area contributed by atoms with Crippen LogP contribution < -0.4 is 11.1 Å². The van der Waals surface area contributed by atoms with E-state index in [4.69, 9.17) is 5.73 Å². The summed E-state index contributed by atoms with van der Waals surface area (Å²) in [5.74, 6) is 0.710. The van der Waals surface area contributed by atoms with Gasteiger partial charge in [-0.25, -0.2) is 14.5 Å². The van der Waals surface area contributed by atoms with Crippen LogP contribution in [-0.4, -0.2) is 59.3 Å². The molecule has 1 aliphatic carbocycles. The van der Waals surface area contributed by atoms with Gasteiger partial charge in [0.05, 0.1) is 0 Å². The molecule has 1 saturated carbocycles. The third kappa shape index (κ3) is 6.36. The Hall–Kier alpha value is -2.28. The topological polar surface area (TPSA) is 98.9 Å². The van der Waals surface area contributed by atoms with Crippen LogP contribution in [0.3, 0.4) is 0 Å². The highest BCUT2D eigenvalue weighted by Gasteiger charge is 2.29. The molecule has 0 radical (unpaired) electrons. The standard InChI is InChI=1S/C23H36N4O3/c24-14-11-19-7-9-20(10-8-19)25-21-12-16-26(17-13-21)22(28)27(23(29)30)15-3-6-18-4-1-2-5-18/h7-10,18,21,25H,1-6,11-17,24H2,(H,29,30). The number of carbonyl (C=O) groups is 2. The van der Waals surface area contributed by atoms with Crippen molar-refractivity contribution in [2.24, 2.45) is 11.7 Å². The summed E-state index contributed by atoms with van der Waals surface area (Å²) in [5.41, 5.74) is 7.89. The van der Waals surface area contributed by atoms with Crippen LogP contribution in [0.15, 0.2) is 24.3 Å². The molecule has 3 rings (SSSR count). The van der Waals surface area contributed by atoms with Gasteiger partial charge in [-0.1, -0.05) is 37.8 Å². The van der Waals surface area contributed by atoms with Crippen molar-refractivity contribution in [2.45, 2.75) is 63.8 Å². The lowest BCUT2D eigenvalue weighted by Crippen LogP contribution is -2.50. The van der Waals surface area contributed by atoms with E-state index in [0.717, 1.165) is 42.7 Å². The fraction of sp³-hybridized carbons (Fsp3) is 0.652. The van der Waals surface area contributed by atoms with Crippen molar-refractivity contribution in [1.29, 1.82) is 0 Å². The number of carboxylic acid groups (broad SMARTS) is 1. The number of rotatable bonds is 8. The van der Waals surface area contributed by atoms with Gasteiger partial charge in [-0.05, 0) is 62.3 Å². The van der Waals surface area contributed by atoms with Gasteiger partial charge < -0.3 is 21.1 Å². The fourth-order valence-corrected chi connectivity index (χ4v) is 4.67. The monoisotopic (exact) mass is 416 g/mol. The van der Waals surface area contributed by atoms with Crippen LogP contribution in [-0.2, 0) is 6.42 Å². The second kappa shape index (κ2) is 11.2. The first-order valence-electron chi connectivity index (χ1n) is 11.4. The lowest BCUT2D eigenvalue weighted by molar-refractivity contribution is 0.121. The van der Waals surface area contributed by atoms with E-state index in [9.17, 15) is 14.7 Å². The normalized spacial score (nSPS) is 17.8. The molecule has 1 aromatic carbocycles. The summed E-state index contributed by atoms with van der Waals surface area (Å²) in [6.07, 6.45) is 8.21. The number of anilines is 1. The number of hydrogen-bond acceptors (Lipinski definition) is 4. The third-order valence-electron chi connectivity index (χ3n) is 6.45. The molecule has 2 aliphatic rings. The lowest BCUT2D eigenvalue weighted by Gasteiger charge is -2.35. The molecule has 7 heteroatoms. The van der Waals surface area contributed by atoms with E-state index < -0.39 is 6.09 Å². The van der Waals surface area contributed by atoms with Crippen LogP contribution in [0.25, 0.3) is 0 Å². The van der Waals surface area contributed by atoms with Crippen LogP contribution >= 0.6 is 0 Å². The average molecular weight is 417 g/mol. The zero-order valence-corrected chi connectivity index (χ0v) is 17.9. The van der Waals surface area contributed by atoms with Crippen molar-refractivity contribution >= 4 is 17.8 Å². The van der Waals surface area contributed by atoms with E-state index in [1.165, 1.54) is 31.2 Å². The van der Waals surface area contributed by atoms with Gasteiger partial charge in [-0.15, -0.1) is 0 Å². The van der Waals surface area contributed by atoms with Crippen molar-refractivity contribution in [1.82, 2.24) is 9.80 Å². The maximum absolute atomic E-state index is 12.8. The van der Waals surface area contributed by atoms with Crippen LogP contribution in [0.4, 0.5) is 15.3 Å². The minimum atomic E-state index is -1.13. The Morgan fingerprint density at radius 2 is 1.77 bits per heavy atom. The molecule has 0 atom stereocenters. The maximum atomic E-state index is 12.8. The second-order valence-corrected chi connectivity index (χ2v) is 8.65. The highest BCUT2D eigenvalue weighted by Crippen LogP contribution is 2.28. The summed E-state index contributed by atoms with van der Waals surface area (Å²) in [7, 11) is 0. The molecule has 4 N–H and O–H groups in total. The molecule has 0 bridgehead atoms. The highest BCUT2D eigenvalue weighted by molar-refractivity contribution is 5.90. The summed E-state index contributed by atoms with van der Waals surface area (Å²) >= 11 is 0. The summed E-state index contributed by atoms with van der Waals surface area (Å²) in [6.45, 7) is 2.10. The minimum Gasteiger partial charge on any atom is -0.465 e. The zero-order chi connectivity index (χ0) is 21.3. The van der Waals surface area contributed by atoms with Crippen LogP contribution in [0.1, 0.15) is 56.9 Å². The maximum Gasteiger partial charge on any atom is 0.415 e. The van der Waals surface area contributed by atoms with Crippen molar-refractivity contribution < 1.29 is 14.7 Å². The Labute approximate surface area is 179 Å². The molecule has 30 heavy (non-hydrogen) atoms. The van der Waals surface area contributed by atoms with E-state index in [-0.39, 0.29) is 12.1 Å². The second-order valence-electron chi connectivity index (χ2n) is 8.65. The molecular formula is C23H36N4O3. The fourth-order valence-electron chi connectivity index (χ4n) is 4.67. The van der Waals surface area contributed by atoms with Crippen LogP contribution in [0, 0.1) is 5.92 Å². The Morgan fingerprint density at radius 3 is 2.37 bits per heavy atom. The van der Waals surface area contributed by atoms with Gasteiger partial charge in [0.15, 0.2) is 0 Å². The summed E-state index contributed by atoms with van der Waals surface area (Å²) < 4.78 is 0. The molecule has 166 valence electrons. The van der Waals surface area contributed by atoms with Gasteiger partial charge in [0.2, 0.25) is 0 Å². The van der Waals surface area contributed by atoms with Gasteiger partial charge >= 0.3 is 12.1 Å². The number of nitrogens with two attached hydrogens (primary N) is 1. The highest BCUT2D eigenvalue weighted by atomic mass is 16.4. The number of likely N-dealkylation sites (tertiary alicyclic amines) is 1. The smallest absolute Gasteiger partial charge is 0.415 e. The third-order valence-corrected chi connectivity index (χ3v) is 6.45. The number of urea groups is 1. The average Bonchev–Trinajstić information content (AvgIpc) is 3.26. The molecule has 1 aliphatic heterocycles. The zero-order valence-electron chi connectivity index (χ0n) is 17.9. The van der Waals surface area contributed by atoms with Gasteiger partial charge in [-0.3, -0.25) is 0 Å². The van der Waals surface area contributed by atoms with Crippen molar-refractivity contribution in [2.75, 3.05) is 31.5 Å². The minimum absolute atomic E-state index is 0.287. The predicted molar refractivity (Wildman–Crippen MR) is 119 cm³/mol. The Bertz CT molecular complexity index is 680. The lowest BCUT2D eigenvalue weighted by atomic mass is 10.0. The van der Waals surface area contributed by atoms with E-state index in [1.54, 1.807) is 4.90 Å². The van der Waals surface area contributed by atoms with E-state index >= 15 is 0 Å². The van der Waals surface area contributed by atoms with E-state index in [0.29, 0.717) is 32.1 Å². The van der Waals surface area contributed by atoms with Gasteiger partial charge in [0.25, 0.3) is 0 Å². The number of amides is 3. The molecule has 7 nitrogen and oxygen atoms in total. The van der Waals surface area contributed by atoms with Crippen LogP contribution in [0.2, 0.25) is 0 Å². The summed E-state index contributed by atoms with van der Waals surface area (Å²) in [5, 5.41) is 13.1. The van der Waals surface area contributed by atoms with Crippen molar-refractivity contribution in [3.63, 3.8) is 0 Å². The Morgan fingerprint density at radius 1 is 1.10 bits per heavy atom. The molecule has 0 aromatic heterocycles. The first kappa shape index (κ1) is 22.4. The number of imide groups is 1. The first-order valence-corrected chi connectivity index (χ1v) is 11.4. The molecule has 2 fully saturated rings. The van der Waals surface area contributed by atoms with Gasteiger partial charge in [0.1, 0.15) is 0 Å². The predicted octanol–water partition coefficient (Wildman–Crippen LogP) is 4.13. The number of piperidine rings is 1. The van der Waals surface area contributed by atoms with Gasteiger partial charge in [-0.2, -0.15) is 0 Å². The number of benzene rings is 1. The largest absolute Gasteiger partial charge is 0.465 e. The molecule has 0 unspecified atom stereocenters. The molecule has 1 aromatic rings. The SMILES string of the molecule is NCCc1ccc(NC2CCN(C(=O)N(CCCC3CCCC3)C(=O)O)CC2)cc1. The summed E-state index contributed by atoms with van der Waals surface area (Å²) in [4.78, 5) is 27.1. The van der Waals surface area contributed by atoms with E-state index in [2.05, 4.69) is 29.6 Å².